The van der Waals surface area contributed by atoms with Crippen LogP contribution in [0.2, 0.25) is 10.0 Å². The number of nitrogens with zero attached hydrogens (tertiary/aromatic N) is 1. The highest BCUT2D eigenvalue weighted by molar-refractivity contribution is 7.98. The third-order valence-corrected chi connectivity index (χ3v) is 5.94. The van der Waals surface area contributed by atoms with Gasteiger partial charge in [0.25, 0.3) is 5.91 Å². The first-order chi connectivity index (χ1) is 14.1. The molecule has 0 saturated carbocycles. The Balaban J connectivity index is 1.70. The lowest BCUT2D eigenvalue weighted by atomic mass is 10.0. The van der Waals surface area contributed by atoms with E-state index in [-0.39, 0.29) is 5.91 Å². The number of nitrogens with one attached hydrogen (secondary N) is 1. The monoisotopic (exact) mass is 438 g/mol. The van der Waals surface area contributed by atoms with Crippen molar-refractivity contribution in [2.75, 3.05) is 11.6 Å². The molecule has 0 aliphatic carbocycles. The van der Waals surface area contributed by atoms with Crippen molar-refractivity contribution in [2.24, 2.45) is 0 Å². The smallest absolute Gasteiger partial charge is 0.257 e. The summed E-state index contributed by atoms with van der Waals surface area (Å²) < 4.78 is 0. The van der Waals surface area contributed by atoms with E-state index in [4.69, 9.17) is 23.2 Å². The van der Waals surface area contributed by atoms with Crippen LogP contribution in [0.25, 0.3) is 22.0 Å². The van der Waals surface area contributed by atoms with E-state index in [0.29, 0.717) is 21.3 Å². The standard InChI is InChI=1S/C23H16Cl2N2OS/c1-29-16-7-8-18(21(25)13-16)23(28)27-15-6-9-20(24)19(12-15)22-17-5-3-2-4-14(17)10-11-26-22/h2-13H,1H3,(H,27,28). The summed E-state index contributed by atoms with van der Waals surface area (Å²) >= 11 is 14.3. The number of benzene rings is 3. The molecule has 0 fully saturated rings. The molecule has 0 radical (unpaired) electrons. The van der Waals surface area contributed by atoms with Gasteiger partial charge in [0.2, 0.25) is 0 Å². The van der Waals surface area contributed by atoms with Crippen LogP contribution < -0.4 is 5.32 Å². The Morgan fingerprint density at radius 1 is 0.966 bits per heavy atom. The minimum absolute atomic E-state index is 0.276. The molecule has 144 valence electrons. The number of fused-ring (bicyclic) bond motifs is 1. The predicted octanol–water partition coefficient (Wildman–Crippen LogP) is 7.18. The highest BCUT2D eigenvalue weighted by Gasteiger charge is 2.14. The molecule has 4 aromatic rings. The summed E-state index contributed by atoms with van der Waals surface area (Å²) in [7, 11) is 0. The minimum Gasteiger partial charge on any atom is -0.322 e. The summed E-state index contributed by atoms with van der Waals surface area (Å²) in [5, 5.41) is 5.95. The lowest BCUT2D eigenvalue weighted by Crippen LogP contribution is -2.12. The lowest BCUT2D eigenvalue weighted by Gasteiger charge is -2.12. The average Bonchev–Trinajstić information content (AvgIpc) is 2.74. The number of amides is 1. The van der Waals surface area contributed by atoms with Crippen molar-refractivity contribution in [3.8, 4) is 11.3 Å². The van der Waals surface area contributed by atoms with Gasteiger partial charge in [0.05, 0.1) is 21.3 Å². The molecule has 0 unspecified atom stereocenters. The summed E-state index contributed by atoms with van der Waals surface area (Å²) in [5.74, 6) is -0.276. The molecule has 4 rings (SSSR count). The molecule has 6 heteroatoms. The second kappa shape index (κ2) is 8.46. The maximum absolute atomic E-state index is 12.7. The number of anilines is 1. The molecule has 29 heavy (non-hydrogen) atoms. The van der Waals surface area contributed by atoms with Crippen molar-refractivity contribution in [3.05, 3.63) is 88.5 Å². The Morgan fingerprint density at radius 3 is 2.59 bits per heavy atom. The van der Waals surface area contributed by atoms with Crippen LogP contribution >= 0.6 is 35.0 Å². The van der Waals surface area contributed by atoms with Gasteiger partial charge in [-0.15, -0.1) is 11.8 Å². The van der Waals surface area contributed by atoms with E-state index < -0.39 is 0 Å². The molecule has 3 nitrogen and oxygen atoms in total. The Morgan fingerprint density at radius 2 is 1.79 bits per heavy atom. The van der Waals surface area contributed by atoms with Gasteiger partial charge in [0.15, 0.2) is 0 Å². The third-order valence-electron chi connectivity index (χ3n) is 4.57. The van der Waals surface area contributed by atoms with Gasteiger partial charge >= 0.3 is 0 Å². The maximum Gasteiger partial charge on any atom is 0.257 e. The van der Waals surface area contributed by atoms with Crippen LogP contribution in [0.15, 0.2) is 77.8 Å². The fourth-order valence-electron chi connectivity index (χ4n) is 3.12. The molecular weight excluding hydrogens is 423 g/mol. The molecule has 0 atom stereocenters. The zero-order valence-electron chi connectivity index (χ0n) is 15.4. The van der Waals surface area contributed by atoms with Crippen molar-refractivity contribution in [3.63, 3.8) is 0 Å². The zero-order valence-corrected chi connectivity index (χ0v) is 17.8. The zero-order chi connectivity index (χ0) is 20.4. The van der Waals surface area contributed by atoms with Gasteiger partial charge < -0.3 is 5.32 Å². The summed E-state index contributed by atoms with van der Waals surface area (Å²) in [6.45, 7) is 0. The molecule has 0 aliphatic heterocycles. The lowest BCUT2D eigenvalue weighted by molar-refractivity contribution is 0.102. The van der Waals surface area contributed by atoms with Crippen molar-refractivity contribution in [1.29, 1.82) is 0 Å². The molecule has 0 aliphatic rings. The Hall–Kier alpha value is -2.53. The number of hydrogen-bond acceptors (Lipinski definition) is 3. The summed E-state index contributed by atoms with van der Waals surface area (Å²) in [6, 6.07) is 20.7. The van der Waals surface area contributed by atoms with Crippen molar-refractivity contribution in [1.82, 2.24) is 4.98 Å². The number of carbonyl (C=O) groups excluding carboxylic acids is 1. The second-order valence-electron chi connectivity index (χ2n) is 6.38. The topological polar surface area (TPSA) is 42.0 Å². The average molecular weight is 439 g/mol. The van der Waals surface area contributed by atoms with E-state index in [1.54, 1.807) is 42.2 Å². The normalized spacial score (nSPS) is 10.9. The van der Waals surface area contributed by atoms with E-state index >= 15 is 0 Å². The van der Waals surface area contributed by atoms with E-state index in [9.17, 15) is 4.79 Å². The molecular formula is C23H16Cl2N2OS. The number of rotatable bonds is 4. The molecule has 0 bridgehead atoms. The molecule has 1 heterocycles. The SMILES string of the molecule is CSc1ccc(C(=O)Nc2ccc(Cl)c(-c3nccc4ccccc34)c2)c(Cl)c1. The number of hydrogen-bond donors (Lipinski definition) is 1. The first kappa shape index (κ1) is 19.8. The van der Waals surface area contributed by atoms with Gasteiger partial charge in [-0.25, -0.2) is 0 Å². The Kier molecular flexibility index (Phi) is 5.76. The highest BCUT2D eigenvalue weighted by Crippen LogP contribution is 2.34. The largest absolute Gasteiger partial charge is 0.322 e. The number of carbonyl (C=O) groups is 1. The predicted molar refractivity (Wildman–Crippen MR) is 123 cm³/mol. The number of thioether (sulfide) groups is 1. The van der Waals surface area contributed by atoms with Crippen LogP contribution in [0.1, 0.15) is 10.4 Å². The van der Waals surface area contributed by atoms with Crippen molar-refractivity contribution >= 4 is 57.3 Å². The second-order valence-corrected chi connectivity index (χ2v) is 8.07. The minimum atomic E-state index is -0.276. The molecule has 1 N–H and O–H groups in total. The van der Waals surface area contributed by atoms with Crippen LogP contribution in [0.3, 0.4) is 0 Å². The van der Waals surface area contributed by atoms with Gasteiger partial charge in [-0.3, -0.25) is 9.78 Å². The van der Waals surface area contributed by atoms with Gasteiger partial charge in [-0.2, -0.15) is 0 Å². The molecule has 1 aromatic heterocycles. The van der Waals surface area contributed by atoms with Crippen molar-refractivity contribution < 1.29 is 4.79 Å². The maximum atomic E-state index is 12.7. The molecule has 0 saturated heterocycles. The fraction of sp³-hybridized carbons (Fsp3) is 0.0435. The van der Waals surface area contributed by atoms with Gasteiger partial charge in [0, 0.05) is 27.7 Å². The van der Waals surface area contributed by atoms with E-state index in [2.05, 4.69) is 10.3 Å². The molecule has 1 amide bonds. The van der Waals surface area contributed by atoms with Gasteiger partial charge in [-0.05, 0) is 54.1 Å². The van der Waals surface area contributed by atoms with E-state index in [0.717, 1.165) is 26.9 Å². The van der Waals surface area contributed by atoms with Gasteiger partial charge in [-0.1, -0.05) is 47.5 Å². The fourth-order valence-corrected chi connectivity index (χ4v) is 4.10. The quantitative estimate of drug-likeness (QED) is 0.343. The summed E-state index contributed by atoms with van der Waals surface area (Å²) in [4.78, 5) is 18.3. The van der Waals surface area contributed by atoms with E-state index in [1.807, 2.05) is 48.7 Å². The van der Waals surface area contributed by atoms with Crippen LogP contribution in [-0.4, -0.2) is 17.1 Å². The number of pyridine rings is 1. The van der Waals surface area contributed by atoms with Crippen LogP contribution in [0, 0.1) is 0 Å². The first-order valence-electron chi connectivity index (χ1n) is 8.85. The Labute approximate surface area is 183 Å². The molecule has 3 aromatic carbocycles. The van der Waals surface area contributed by atoms with Crippen molar-refractivity contribution in [2.45, 2.75) is 4.90 Å². The number of halogens is 2. The highest BCUT2D eigenvalue weighted by atomic mass is 35.5. The van der Waals surface area contributed by atoms with E-state index in [1.165, 1.54) is 0 Å². The first-order valence-corrected chi connectivity index (χ1v) is 10.8. The summed E-state index contributed by atoms with van der Waals surface area (Å²) in [6.07, 6.45) is 3.72. The van der Waals surface area contributed by atoms with Crippen LogP contribution in [0.5, 0.6) is 0 Å². The number of aromatic nitrogens is 1. The third kappa shape index (κ3) is 4.10. The molecule has 0 spiro atoms. The Bertz CT molecular complexity index is 1220. The van der Waals surface area contributed by atoms with Crippen LogP contribution in [0.4, 0.5) is 5.69 Å². The summed E-state index contributed by atoms with van der Waals surface area (Å²) in [5.41, 5.74) is 2.56. The van der Waals surface area contributed by atoms with Crippen LogP contribution in [-0.2, 0) is 0 Å². The van der Waals surface area contributed by atoms with Gasteiger partial charge in [0.1, 0.15) is 0 Å².